The van der Waals surface area contributed by atoms with Crippen LogP contribution in [0.15, 0.2) is 124 Å². The van der Waals surface area contributed by atoms with E-state index in [1.807, 2.05) is 24.3 Å². The zero-order chi connectivity index (χ0) is 51.4. The van der Waals surface area contributed by atoms with Gasteiger partial charge in [0.2, 0.25) is 11.8 Å². The van der Waals surface area contributed by atoms with Crippen molar-refractivity contribution in [2.75, 3.05) is 105 Å². The van der Waals surface area contributed by atoms with Crippen LogP contribution in [0, 0.1) is 10.8 Å². The van der Waals surface area contributed by atoms with Crippen molar-refractivity contribution in [2.45, 2.75) is 0 Å². The van der Waals surface area contributed by atoms with Crippen molar-refractivity contribution in [3.8, 4) is 0 Å². The second kappa shape index (κ2) is 23.8. The summed E-state index contributed by atoms with van der Waals surface area (Å²) in [6.07, 6.45) is 9.40. The Balaban J connectivity index is 1.13. The summed E-state index contributed by atoms with van der Waals surface area (Å²) in [4.78, 5) is 87.3. The maximum Gasteiger partial charge on any atom is 0.261 e. The van der Waals surface area contributed by atoms with E-state index in [4.69, 9.17) is 28.4 Å². The van der Waals surface area contributed by atoms with Gasteiger partial charge in [0.25, 0.3) is 23.6 Å². The average Bonchev–Trinajstić information content (AvgIpc) is 3.38. The highest BCUT2D eigenvalue weighted by atomic mass is 16.5. The molecule has 0 spiro atoms. The number of hydrogen-bond donors (Lipinski definition) is 2. The molecule has 2 heterocycles. The second-order valence-electron chi connectivity index (χ2n) is 17.6. The first-order chi connectivity index (χ1) is 35.0. The van der Waals surface area contributed by atoms with Gasteiger partial charge in [-0.15, -0.1) is 39.5 Å². The molecule has 376 valence electrons. The van der Waals surface area contributed by atoms with Gasteiger partial charge >= 0.3 is 0 Å². The van der Waals surface area contributed by atoms with E-state index in [1.54, 1.807) is 60.7 Å². The Bertz CT molecular complexity index is 2570. The average molecular weight is 981 g/mol. The van der Waals surface area contributed by atoms with Crippen molar-refractivity contribution >= 4 is 78.5 Å². The monoisotopic (exact) mass is 980 g/mol. The maximum absolute atomic E-state index is 14.3. The van der Waals surface area contributed by atoms with Crippen molar-refractivity contribution in [1.29, 1.82) is 0 Å². The van der Waals surface area contributed by atoms with Crippen LogP contribution in [0.25, 0.3) is 43.1 Å². The van der Waals surface area contributed by atoms with E-state index in [2.05, 4.69) is 50.1 Å². The van der Waals surface area contributed by atoms with Crippen LogP contribution in [0.2, 0.25) is 0 Å². The maximum atomic E-state index is 14.3. The minimum Gasteiger partial charge on any atom is -0.376 e. The molecule has 16 heteroatoms. The van der Waals surface area contributed by atoms with Crippen LogP contribution in [0.4, 0.5) is 0 Å². The molecule has 0 atom stereocenters. The Hall–Kier alpha value is -7.18. The molecule has 0 fully saturated rings. The lowest BCUT2D eigenvalue weighted by molar-refractivity contribution is -0.146. The van der Waals surface area contributed by atoms with E-state index >= 15 is 0 Å². The van der Waals surface area contributed by atoms with E-state index in [1.165, 1.54) is 0 Å². The van der Waals surface area contributed by atoms with Crippen LogP contribution < -0.4 is 10.6 Å². The smallest absolute Gasteiger partial charge is 0.261 e. The first kappa shape index (κ1) is 52.6. The van der Waals surface area contributed by atoms with Gasteiger partial charge < -0.3 is 39.1 Å². The SMILES string of the molecule is C=CCOCC(COCC=C)(COCC=C)C(=O)NCCN1C(=O)c2ccc3c4ccc5c6c(ccc(c7ccc(c2c37)C1=O)c64)C(=O)N(CCNC(=O)C(COCC=C)(COCC=C)COCC=C)C5=O. The van der Waals surface area contributed by atoms with Crippen LogP contribution in [0.1, 0.15) is 41.4 Å². The summed E-state index contributed by atoms with van der Waals surface area (Å²) in [6, 6.07) is 14.0. The Kier molecular flexibility index (Phi) is 17.4. The third-order valence-electron chi connectivity index (χ3n) is 12.7. The Morgan fingerprint density at radius 1 is 0.403 bits per heavy atom. The first-order valence-electron chi connectivity index (χ1n) is 23.6. The summed E-state index contributed by atoms with van der Waals surface area (Å²) in [5.74, 6) is -2.98. The zero-order valence-corrected chi connectivity index (χ0v) is 40.4. The number of imide groups is 2. The number of nitrogens with one attached hydrogen (secondary N) is 2. The molecule has 72 heavy (non-hydrogen) atoms. The first-order valence-corrected chi connectivity index (χ1v) is 23.6. The molecule has 0 saturated carbocycles. The van der Waals surface area contributed by atoms with Gasteiger partial charge in [0.15, 0.2) is 0 Å². The number of fused-ring (bicyclic) bond motifs is 2. The van der Waals surface area contributed by atoms with Crippen LogP contribution in [0.3, 0.4) is 0 Å². The van der Waals surface area contributed by atoms with E-state index in [-0.39, 0.29) is 105 Å². The Morgan fingerprint density at radius 3 is 0.861 bits per heavy atom. The van der Waals surface area contributed by atoms with E-state index in [0.717, 1.165) is 31.3 Å². The van der Waals surface area contributed by atoms with Crippen LogP contribution in [0.5, 0.6) is 0 Å². The van der Waals surface area contributed by atoms with E-state index in [9.17, 15) is 28.8 Å². The van der Waals surface area contributed by atoms with Crippen LogP contribution >= 0.6 is 0 Å². The fourth-order valence-electron chi connectivity index (χ4n) is 9.38. The summed E-state index contributed by atoms with van der Waals surface area (Å²) in [5, 5.41) is 11.1. The summed E-state index contributed by atoms with van der Waals surface area (Å²) in [5.41, 5.74) is -1.29. The molecule has 0 saturated heterocycles. The topological polar surface area (TPSA) is 188 Å². The number of hydrogen-bond acceptors (Lipinski definition) is 12. The van der Waals surface area contributed by atoms with Gasteiger partial charge in [0.1, 0.15) is 10.8 Å². The number of nitrogens with zero attached hydrogens (tertiary/aromatic N) is 2. The van der Waals surface area contributed by atoms with Crippen molar-refractivity contribution in [1.82, 2.24) is 20.4 Å². The zero-order valence-electron chi connectivity index (χ0n) is 40.4. The van der Waals surface area contributed by atoms with Gasteiger partial charge in [-0.1, -0.05) is 60.7 Å². The minimum absolute atomic E-state index is 0.0525. The van der Waals surface area contributed by atoms with Gasteiger partial charge in [-0.05, 0) is 56.6 Å². The highest BCUT2D eigenvalue weighted by Gasteiger charge is 2.43. The van der Waals surface area contributed by atoms with Gasteiger partial charge in [-0.3, -0.25) is 38.6 Å². The standard InChI is InChI=1S/C56H60N4O12/c1-7-25-67-31-55(32-68-26-8-2,33-69-27-9-3)53(65)57-21-23-59-49(61)41-17-13-37-39-15-19-43-48-44(20-16-40(46(39)48)38-14-18-42(50(59)62)47(41)45(37)38)52(64)60(51(43)63)24-22-58-54(66)56(34-70-28-10-4,35-71-29-11-5)36-72-30-12-6/h7-20H,1-6,21-36H2,(H,57,65)(H,58,66). The molecule has 6 amide bonds. The lowest BCUT2D eigenvalue weighted by Gasteiger charge is -2.33. The summed E-state index contributed by atoms with van der Waals surface area (Å²) in [7, 11) is 0. The third kappa shape index (κ3) is 10.3. The quantitative estimate of drug-likeness (QED) is 0.0160. The lowest BCUT2D eigenvalue weighted by atomic mass is 9.82. The molecule has 2 N–H and O–H groups in total. The highest BCUT2D eigenvalue weighted by Crippen LogP contribution is 2.46. The molecule has 16 nitrogen and oxygen atoms in total. The second-order valence-corrected chi connectivity index (χ2v) is 17.6. The molecule has 0 aliphatic carbocycles. The number of amides is 6. The van der Waals surface area contributed by atoms with Gasteiger partial charge in [0.05, 0.1) is 79.3 Å². The van der Waals surface area contributed by atoms with Gasteiger partial charge in [-0.25, -0.2) is 0 Å². The number of carbonyl (C=O) groups excluding carboxylic acids is 6. The molecule has 2 aliphatic heterocycles. The minimum atomic E-state index is -1.28. The number of benzene rings is 5. The van der Waals surface area contributed by atoms with Crippen molar-refractivity contribution in [2.24, 2.45) is 10.8 Å². The molecule has 5 aromatic carbocycles. The van der Waals surface area contributed by atoms with Crippen LogP contribution in [-0.4, -0.2) is 151 Å². The Labute approximate surface area is 417 Å². The summed E-state index contributed by atoms with van der Waals surface area (Å²) < 4.78 is 34.4. The number of rotatable bonds is 32. The largest absolute Gasteiger partial charge is 0.376 e. The Morgan fingerprint density at radius 2 is 0.639 bits per heavy atom. The van der Waals surface area contributed by atoms with E-state index < -0.39 is 46.3 Å². The number of ether oxygens (including phenoxy) is 6. The molecule has 5 aromatic rings. The predicted molar refractivity (Wildman–Crippen MR) is 275 cm³/mol. The molecule has 0 bridgehead atoms. The molecular formula is C56H60N4O12. The van der Waals surface area contributed by atoms with Crippen molar-refractivity contribution in [3.63, 3.8) is 0 Å². The van der Waals surface area contributed by atoms with Crippen LogP contribution in [-0.2, 0) is 38.0 Å². The summed E-state index contributed by atoms with van der Waals surface area (Å²) in [6.45, 7) is 22.5. The van der Waals surface area contributed by atoms with Gasteiger partial charge in [-0.2, -0.15) is 0 Å². The van der Waals surface area contributed by atoms with Gasteiger partial charge in [0, 0.05) is 59.2 Å². The predicted octanol–water partition coefficient (Wildman–Crippen LogP) is 6.35. The van der Waals surface area contributed by atoms with E-state index in [0.29, 0.717) is 43.8 Å². The fraction of sp³-hybridized carbons (Fsp3) is 0.321. The molecule has 0 aromatic heterocycles. The normalized spacial score (nSPS) is 13.6. The third-order valence-corrected chi connectivity index (χ3v) is 12.7. The van der Waals surface area contributed by atoms with Crippen molar-refractivity contribution < 1.29 is 57.2 Å². The fourth-order valence-corrected chi connectivity index (χ4v) is 9.38. The van der Waals surface area contributed by atoms with Crippen molar-refractivity contribution in [3.05, 3.63) is 147 Å². The lowest BCUT2D eigenvalue weighted by Crippen LogP contribution is -2.52. The summed E-state index contributed by atoms with van der Waals surface area (Å²) >= 11 is 0. The molecule has 7 rings (SSSR count). The molecule has 0 unspecified atom stereocenters. The highest BCUT2D eigenvalue weighted by molar-refractivity contribution is 6.41. The molecule has 0 radical (unpaired) electrons. The molecule has 2 aliphatic rings. The number of carbonyl (C=O) groups is 6. The molecular weight excluding hydrogens is 921 g/mol.